The highest BCUT2D eigenvalue weighted by atomic mass is 32.1. The Balaban J connectivity index is 2.35. The van der Waals surface area contributed by atoms with Crippen LogP contribution in [0, 0.1) is 0 Å². The molecule has 0 saturated heterocycles. The van der Waals surface area contributed by atoms with Crippen LogP contribution in [-0.4, -0.2) is 19.7 Å². The third-order valence-corrected chi connectivity index (χ3v) is 3.21. The van der Waals surface area contributed by atoms with Crippen molar-refractivity contribution < 1.29 is 9.53 Å². The minimum absolute atomic E-state index is 0.351. The summed E-state index contributed by atoms with van der Waals surface area (Å²) in [6, 6.07) is 6.03. The number of amides is 1. The number of rotatable bonds is 3. The summed E-state index contributed by atoms with van der Waals surface area (Å²) in [5.41, 5.74) is 0.907. The standard InChI is InChI=1S/C11H11NO2S/c1-3-6-12(11(13)14-2)9-7-8-4-5-10(9)15-8/h3-5,7H,1,6H2,2H3. The molecule has 0 N–H and O–H groups in total. The average Bonchev–Trinajstić information content (AvgIpc) is 2.86. The van der Waals surface area contributed by atoms with Crippen LogP contribution in [0.3, 0.4) is 0 Å². The van der Waals surface area contributed by atoms with Crippen LogP contribution in [0.25, 0.3) is 9.40 Å². The second-order valence-electron chi connectivity index (χ2n) is 3.10. The maximum Gasteiger partial charge on any atom is 0.414 e. The summed E-state index contributed by atoms with van der Waals surface area (Å²) >= 11 is 1.67. The van der Waals surface area contributed by atoms with E-state index in [-0.39, 0.29) is 6.09 Å². The molecule has 2 bridgehead atoms. The molecule has 0 atom stereocenters. The largest absolute Gasteiger partial charge is 0.452 e. The summed E-state index contributed by atoms with van der Waals surface area (Å²) in [6.45, 7) is 4.10. The Labute approximate surface area is 91.9 Å². The third-order valence-electron chi connectivity index (χ3n) is 2.16. The predicted octanol–water partition coefficient (Wildman–Crippen LogP) is 3.10. The van der Waals surface area contributed by atoms with Gasteiger partial charge in [0.15, 0.2) is 0 Å². The number of benzene rings is 1. The van der Waals surface area contributed by atoms with E-state index in [1.807, 2.05) is 18.2 Å². The van der Waals surface area contributed by atoms with E-state index >= 15 is 0 Å². The molecule has 3 nitrogen and oxygen atoms in total. The van der Waals surface area contributed by atoms with E-state index in [0.29, 0.717) is 6.54 Å². The van der Waals surface area contributed by atoms with Gasteiger partial charge in [0.1, 0.15) is 0 Å². The lowest BCUT2D eigenvalue weighted by Gasteiger charge is -2.18. The van der Waals surface area contributed by atoms with E-state index in [1.165, 1.54) is 7.11 Å². The van der Waals surface area contributed by atoms with Crippen molar-refractivity contribution >= 4 is 32.5 Å². The zero-order valence-corrected chi connectivity index (χ0v) is 9.21. The molecular formula is C11H11NO2S. The second-order valence-corrected chi connectivity index (χ2v) is 4.22. The first kappa shape index (κ1) is 9.98. The molecule has 0 unspecified atom stereocenters. The Bertz CT molecular complexity index is 477. The van der Waals surface area contributed by atoms with Crippen molar-refractivity contribution in [3.63, 3.8) is 0 Å². The molecule has 78 valence electrons. The molecular weight excluding hydrogens is 210 g/mol. The molecule has 0 aliphatic rings. The maximum atomic E-state index is 11.5. The van der Waals surface area contributed by atoms with Crippen molar-refractivity contribution in [3.05, 3.63) is 30.9 Å². The fourth-order valence-corrected chi connectivity index (χ4v) is 2.47. The summed E-state index contributed by atoms with van der Waals surface area (Å²) in [5, 5.41) is 0. The van der Waals surface area contributed by atoms with Crippen LogP contribution in [0.2, 0.25) is 0 Å². The number of hydrogen-bond donors (Lipinski definition) is 0. The first-order valence-electron chi connectivity index (χ1n) is 4.54. The van der Waals surface area contributed by atoms with Crippen LogP contribution in [0.1, 0.15) is 0 Å². The van der Waals surface area contributed by atoms with Gasteiger partial charge >= 0.3 is 6.09 Å². The van der Waals surface area contributed by atoms with Crippen LogP contribution in [0.15, 0.2) is 30.9 Å². The molecule has 0 radical (unpaired) electrons. The summed E-state index contributed by atoms with van der Waals surface area (Å²) < 4.78 is 6.99. The highest BCUT2D eigenvalue weighted by Gasteiger charge is 2.18. The molecule has 0 fully saturated rings. The lowest BCUT2D eigenvalue weighted by Crippen LogP contribution is -2.30. The van der Waals surface area contributed by atoms with E-state index in [2.05, 4.69) is 6.58 Å². The summed E-state index contributed by atoms with van der Waals surface area (Å²) in [4.78, 5) is 13.1. The van der Waals surface area contributed by atoms with Gasteiger partial charge < -0.3 is 4.74 Å². The highest BCUT2D eigenvalue weighted by Crippen LogP contribution is 2.35. The van der Waals surface area contributed by atoms with Crippen LogP contribution in [0.5, 0.6) is 0 Å². The van der Waals surface area contributed by atoms with Gasteiger partial charge in [-0.25, -0.2) is 4.79 Å². The summed E-state index contributed by atoms with van der Waals surface area (Å²) in [5.74, 6) is 0. The molecule has 2 rings (SSSR count). The Morgan fingerprint density at radius 2 is 2.47 bits per heavy atom. The summed E-state index contributed by atoms with van der Waals surface area (Å²) in [7, 11) is 1.38. The molecule has 0 saturated carbocycles. The zero-order chi connectivity index (χ0) is 10.8. The molecule has 2 aromatic rings. The number of hydrogen-bond acceptors (Lipinski definition) is 3. The summed E-state index contributed by atoms with van der Waals surface area (Å²) in [6.07, 6.45) is 1.33. The monoisotopic (exact) mass is 221 g/mol. The number of fused-ring (bicyclic) bond motifs is 2. The van der Waals surface area contributed by atoms with Crippen molar-refractivity contribution in [2.45, 2.75) is 0 Å². The normalized spacial score (nSPS) is 10.5. The van der Waals surface area contributed by atoms with Gasteiger partial charge in [-0.1, -0.05) is 6.08 Å². The van der Waals surface area contributed by atoms with Gasteiger partial charge in [0, 0.05) is 11.2 Å². The number of carbonyl (C=O) groups is 1. The quantitative estimate of drug-likeness (QED) is 0.745. The van der Waals surface area contributed by atoms with Gasteiger partial charge in [0.2, 0.25) is 0 Å². The highest BCUT2D eigenvalue weighted by molar-refractivity contribution is 7.24. The van der Waals surface area contributed by atoms with E-state index < -0.39 is 0 Å². The smallest absolute Gasteiger partial charge is 0.414 e. The molecule has 2 aromatic heterocycles. The van der Waals surface area contributed by atoms with E-state index in [9.17, 15) is 4.79 Å². The number of anilines is 1. The van der Waals surface area contributed by atoms with Crippen molar-refractivity contribution in [3.8, 4) is 0 Å². The lowest BCUT2D eigenvalue weighted by molar-refractivity contribution is 0.179. The molecule has 0 spiro atoms. The predicted molar refractivity (Wildman–Crippen MR) is 63.0 cm³/mol. The fraction of sp³-hybridized carbons (Fsp3) is 0.182. The van der Waals surface area contributed by atoms with Gasteiger partial charge in [-0.05, 0) is 18.2 Å². The Hall–Kier alpha value is -1.55. The topological polar surface area (TPSA) is 29.5 Å². The first-order valence-corrected chi connectivity index (χ1v) is 5.36. The second kappa shape index (κ2) is 3.90. The van der Waals surface area contributed by atoms with Crippen molar-refractivity contribution in [1.29, 1.82) is 0 Å². The number of nitrogens with zero attached hydrogens (tertiary/aromatic N) is 1. The minimum atomic E-state index is -0.351. The maximum absolute atomic E-state index is 11.5. The van der Waals surface area contributed by atoms with Gasteiger partial charge in [-0.2, -0.15) is 0 Å². The minimum Gasteiger partial charge on any atom is -0.452 e. The first-order chi connectivity index (χ1) is 7.26. The Morgan fingerprint density at radius 3 is 2.93 bits per heavy atom. The molecule has 2 heterocycles. The van der Waals surface area contributed by atoms with E-state index in [0.717, 1.165) is 15.1 Å². The van der Waals surface area contributed by atoms with Gasteiger partial charge in [-0.3, -0.25) is 4.90 Å². The number of thiophene rings is 2. The average molecular weight is 221 g/mol. The van der Waals surface area contributed by atoms with E-state index in [1.54, 1.807) is 22.3 Å². The fourth-order valence-electron chi connectivity index (χ4n) is 1.50. The number of ether oxygens (including phenoxy) is 1. The van der Waals surface area contributed by atoms with E-state index in [4.69, 9.17) is 4.74 Å². The van der Waals surface area contributed by atoms with Crippen LogP contribution in [0.4, 0.5) is 10.5 Å². The molecule has 0 aliphatic carbocycles. The van der Waals surface area contributed by atoms with Gasteiger partial charge in [0.05, 0.1) is 17.5 Å². The molecule has 4 heteroatoms. The van der Waals surface area contributed by atoms with Gasteiger partial charge in [0.25, 0.3) is 0 Å². The number of methoxy groups -OCH3 is 1. The molecule has 0 aliphatic heterocycles. The Morgan fingerprint density at radius 1 is 1.67 bits per heavy atom. The zero-order valence-electron chi connectivity index (χ0n) is 8.40. The van der Waals surface area contributed by atoms with Crippen molar-refractivity contribution in [2.24, 2.45) is 0 Å². The van der Waals surface area contributed by atoms with Crippen LogP contribution in [-0.2, 0) is 4.74 Å². The molecule has 0 aromatic carbocycles. The van der Waals surface area contributed by atoms with Crippen LogP contribution < -0.4 is 4.90 Å². The Kier molecular flexibility index (Phi) is 2.60. The number of carbonyl (C=O) groups excluding carboxylic acids is 1. The lowest BCUT2D eigenvalue weighted by atomic mass is 10.3. The SMILES string of the molecule is C=CCN(C(=O)OC)c1cc2ccc1s2. The van der Waals surface area contributed by atoms with Crippen LogP contribution >= 0.6 is 11.3 Å². The third kappa shape index (κ3) is 1.68. The van der Waals surface area contributed by atoms with Gasteiger partial charge in [-0.15, -0.1) is 17.9 Å². The van der Waals surface area contributed by atoms with Crippen molar-refractivity contribution in [1.82, 2.24) is 0 Å². The molecule has 1 amide bonds. The molecule has 15 heavy (non-hydrogen) atoms. The van der Waals surface area contributed by atoms with Crippen molar-refractivity contribution in [2.75, 3.05) is 18.6 Å².